The van der Waals surface area contributed by atoms with E-state index in [9.17, 15) is 4.79 Å². The van der Waals surface area contributed by atoms with Gasteiger partial charge in [0.15, 0.2) is 0 Å². The lowest BCUT2D eigenvalue weighted by molar-refractivity contribution is -0.110. The monoisotopic (exact) mass is 178 g/mol. The van der Waals surface area contributed by atoms with Crippen LogP contribution in [0, 0.1) is 12.8 Å². The average molecular weight is 178 g/mol. The molecule has 2 heteroatoms. The number of carbonyl (C=O) groups excluding carboxylic acids is 1. The third-order valence-corrected chi connectivity index (χ3v) is 2.10. The number of aldehydes is 1. The van der Waals surface area contributed by atoms with Crippen LogP contribution in [0.25, 0.3) is 0 Å². The molecule has 0 fully saturated rings. The summed E-state index contributed by atoms with van der Waals surface area (Å²) in [7, 11) is 0. The largest absolute Gasteiger partial charge is 0.508 e. The van der Waals surface area contributed by atoms with E-state index in [2.05, 4.69) is 0 Å². The van der Waals surface area contributed by atoms with Crippen LogP contribution in [-0.4, -0.2) is 11.4 Å². The number of hydrogen-bond donors (Lipinski definition) is 1. The predicted molar refractivity (Wildman–Crippen MR) is 51.8 cm³/mol. The molecule has 70 valence electrons. The maximum atomic E-state index is 10.4. The summed E-state index contributed by atoms with van der Waals surface area (Å²) in [5, 5.41) is 9.16. The van der Waals surface area contributed by atoms with Crippen molar-refractivity contribution < 1.29 is 9.90 Å². The van der Waals surface area contributed by atoms with E-state index < -0.39 is 0 Å². The molecule has 1 N–H and O–H groups in total. The number of hydrogen-bond acceptors (Lipinski definition) is 2. The zero-order valence-corrected chi connectivity index (χ0v) is 7.95. The van der Waals surface area contributed by atoms with Gasteiger partial charge in [0.05, 0.1) is 0 Å². The van der Waals surface area contributed by atoms with Gasteiger partial charge in [-0.05, 0) is 36.6 Å². The summed E-state index contributed by atoms with van der Waals surface area (Å²) < 4.78 is 0. The minimum absolute atomic E-state index is 0.0447. The molecule has 0 amide bonds. The zero-order valence-electron chi connectivity index (χ0n) is 7.95. The average Bonchev–Trinajstić information content (AvgIpc) is 2.09. The summed E-state index contributed by atoms with van der Waals surface area (Å²) in [5.41, 5.74) is 2.16. The maximum absolute atomic E-state index is 10.4. The molecule has 0 radical (unpaired) electrons. The van der Waals surface area contributed by atoms with Gasteiger partial charge in [-0.3, -0.25) is 0 Å². The fourth-order valence-electron chi connectivity index (χ4n) is 1.30. The van der Waals surface area contributed by atoms with Crippen LogP contribution in [0.4, 0.5) is 0 Å². The van der Waals surface area contributed by atoms with Gasteiger partial charge < -0.3 is 9.90 Å². The van der Waals surface area contributed by atoms with Crippen LogP contribution in [0.3, 0.4) is 0 Å². The Balaban J connectivity index is 2.83. The predicted octanol–water partition coefficient (Wildman–Crippen LogP) is 2.08. The lowest BCUT2D eigenvalue weighted by atomic mass is 9.98. The molecule has 0 spiro atoms. The van der Waals surface area contributed by atoms with Gasteiger partial charge in [0.2, 0.25) is 0 Å². The lowest BCUT2D eigenvalue weighted by Crippen LogP contribution is -2.01. The van der Waals surface area contributed by atoms with Crippen molar-refractivity contribution in [2.75, 3.05) is 0 Å². The molecule has 1 atom stereocenters. The topological polar surface area (TPSA) is 37.3 Å². The summed E-state index contributed by atoms with van der Waals surface area (Å²) in [6, 6.07) is 5.23. The van der Waals surface area contributed by atoms with Crippen molar-refractivity contribution in [3.05, 3.63) is 29.3 Å². The molecule has 0 bridgehead atoms. The van der Waals surface area contributed by atoms with E-state index >= 15 is 0 Å². The number of phenolic OH excluding ortho intramolecular Hbond substituents is 1. The standard InChI is InChI=1S/C11H14O2/c1-8(7-12)5-10-3-4-11(13)6-9(10)2/h3-4,6-8,13H,5H2,1-2H3. The Morgan fingerprint density at radius 1 is 1.54 bits per heavy atom. The van der Waals surface area contributed by atoms with Crippen molar-refractivity contribution in [2.45, 2.75) is 20.3 Å². The number of rotatable bonds is 3. The van der Waals surface area contributed by atoms with Crippen LogP contribution in [0.1, 0.15) is 18.1 Å². The Hall–Kier alpha value is -1.31. The van der Waals surface area contributed by atoms with Crippen LogP contribution in [0.2, 0.25) is 0 Å². The lowest BCUT2D eigenvalue weighted by Gasteiger charge is -2.07. The van der Waals surface area contributed by atoms with Gasteiger partial charge in [-0.25, -0.2) is 0 Å². The molecular weight excluding hydrogens is 164 g/mol. The van der Waals surface area contributed by atoms with Crippen LogP contribution in [0.15, 0.2) is 18.2 Å². The summed E-state index contributed by atoms with van der Waals surface area (Å²) in [4.78, 5) is 10.4. The fraction of sp³-hybridized carbons (Fsp3) is 0.364. The van der Waals surface area contributed by atoms with Gasteiger partial charge >= 0.3 is 0 Å². The van der Waals surface area contributed by atoms with E-state index in [-0.39, 0.29) is 11.7 Å². The Morgan fingerprint density at radius 2 is 2.23 bits per heavy atom. The first kappa shape index (κ1) is 9.78. The minimum Gasteiger partial charge on any atom is -0.508 e. The molecule has 0 aliphatic rings. The van der Waals surface area contributed by atoms with E-state index in [0.717, 1.165) is 23.8 Å². The molecule has 0 saturated heterocycles. The molecular formula is C11H14O2. The Morgan fingerprint density at radius 3 is 2.77 bits per heavy atom. The first-order valence-corrected chi connectivity index (χ1v) is 4.37. The molecule has 0 aliphatic carbocycles. The van der Waals surface area contributed by atoms with E-state index in [4.69, 9.17) is 5.11 Å². The molecule has 0 saturated carbocycles. The van der Waals surface area contributed by atoms with Crippen LogP contribution in [0.5, 0.6) is 5.75 Å². The Labute approximate surface area is 78.2 Å². The number of carbonyl (C=O) groups is 1. The minimum atomic E-state index is 0.0447. The second kappa shape index (κ2) is 4.08. The van der Waals surface area contributed by atoms with E-state index in [1.165, 1.54) is 0 Å². The Kier molecular flexibility index (Phi) is 3.07. The summed E-state index contributed by atoms with van der Waals surface area (Å²) in [6.07, 6.45) is 1.70. The first-order chi connectivity index (χ1) is 6.13. The number of aryl methyl sites for hydroxylation is 1. The highest BCUT2D eigenvalue weighted by molar-refractivity contribution is 5.54. The van der Waals surface area contributed by atoms with E-state index in [1.54, 1.807) is 12.1 Å². The maximum Gasteiger partial charge on any atom is 0.123 e. The third kappa shape index (κ3) is 2.58. The second-order valence-corrected chi connectivity index (χ2v) is 3.43. The number of benzene rings is 1. The van der Waals surface area contributed by atoms with Crippen molar-refractivity contribution >= 4 is 6.29 Å². The SMILES string of the molecule is Cc1cc(O)ccc1CC(C)C=O. The summed E-state index contributed by atoms with van der Waals surface area (Å²) in [5.74, 6) is 0.322. The van der Waals surface area contributed by atoms with E-state index in [0.29, 0.717) is 0 Å². The molecule has 1 unspecified atom stereocenters. The molecule has 1 rings (SSSR count). The quantitative estimate of drug-likeness (QED) is 0.719. The van der Waals surface area contributed by atoms with Crippen molar-refractivity contribution in [1.29, 1.82) is 0 Å². The highest BCUT2D eigenvalue weighted by atomic mass is 16.3. The molecule has 1 aromatic rings. The Bertz CT molecular complexity index is 305. The third-order valence-electron chi connectivity index (χ3n) is 2.10. The zero-order chi connectivity index (χ0) is 9.84. The molecule has 0 aromatic heterocycles. The van der Waals surface area contributed by atoms with Gasteiger partial charge in [0.25, 0.3) is 0 Å². The van der Waals surface area contributed by atoms with Crippen LogP contribution < -0.4 is 0 Å². The van der Waals surface area contributed by atoms with E-state index in [1.807, 2.05) is 19.9 Å². The normalized spacial score (nSPS) is 12.5. The van der Waals surface area contributed by atoms with Crippen LogP contribution in [-0.2, 0) is 11.2 Å². The molecule has 0 aliphatic heterocycles. The number of phenols is 1. The van der Waals surface area contributed by atoms with Crippen molar-refractivity contribution in [2.24, 2.45) is 5.92 Å². The molecule has 0 heterocycles. The smallest absolute Gasteiger partial charge is 0.123 e. The van der Waals surface area contributed by atoms with Crippen molar-refractivity contribution in [3.8, 4) is 5.75 Å². The molecule has 13 heavy (non-hydrogen) atoms. The second-order valence-electron chi connectivity index (χ2n) is 3.43. The van der Waals surface area contributed by atoms with Gasteiger partial charge in [-0.1, -0.05) is 13.0 Å². The highest BCUT2D eigenvalue weighted by Gasteiger charge is 2.04. The van der Waals surface area contributed by atoms with Crippen molar-refractivity contribution in [1.82, 2.24) is 0 Å². The molecule has 2 nitrogen and oxygen atoms in total. The van der Waals surface area contributed by atoms with Crippen molar-refractivity contribution in [3.63, 3.8) is 0 Å². The highest BCUT2D eigenvalue weighted by Crippen LogP contribution is 2.17. The summed E-state index contributed by atoms with van der Waals surface area (Å²) >= 11 is 0. The van der Waals surface area contributed by atoms with Gasteiger partial charge in [0, 0.05) is 5.92 Å². The van der Waals surface area contributed by atoms with Gasteiger partial charge in [0.1, 0.15) is 12.0 Å². The first-order valence-electron chi connectivity index (χ1n) is 4.37. The fourth-order valence-corrected chi connectivity index (χ4v) is 1.30. The van der Waals surface area contributed by atoms with Gasteiger partial charge in [-0.2, -0.15) is 0 Å². The van der Waals surface area contributed by atoms with Crippen LogP contribution >= 0.6 is 0 Å². The van der Waals surface area contributed by atoms with Gasteiger partial charge in [-0.15, -0.1) is 0 Å². The summed E-state index contributed by atoms with van der Waals surface area (Å²) in [6.45, 7) is 3.83. The molecule has 1 aromatic carbocycles. The number of aromatic hydroxyl groups is 1.